The smallest absolute Gasteiger partial charge is 0.150 e. The van der Waals surface area contributed by atoms with E-state index in [0.29, 0.717) is 12.8 Å². The van der Waals surface area contributed by atoms with Crippen LogP contribution < -0.4 is 5.73 Å². The van der Waals surface area contributed by atoms with Gasteiger partial charge >= 0.3 is 0 Å². The van der Waals surface area contributed by atoms with Crippen molar-refractivity contribution in [2.75, 3.05) is 22.9 Å². The van der Waals surface area contributed by atoms with Crippen LogP contribution in [0, 0.1) is 5.92 Å². The van der Waals surface area contributed by atoms with Gasteiger partial charge in [-0.15, -0.1) is 0 Å². The van der Waals surface area contributed by atoms with Gasteiger partial charge in [-0.2, -0.15) is 0 Å². The maximum atomic E-state index is 11.4. The summed E-state index contributed by atoms with van der Waals surface area (Å²) >= 11 is 0. The fourth-order valence-corrected chi connectivity index (χ4v) is 4.17. The minimum absolute atomic E-state index is 0.116. The summed E-state index contributed by atoms with van der Waals surface area (Å²) in [7, 11) is -7.00. The second-order valence-corrected chi connectivity index (χ2v) is 8.68. The lowest BCUT2D eigenvalue weighted by molar-refractivity contribution is 0.500. The number of hydrogen-bond donors (Lipinski definition) is 1. The monoisotopic (exact) mass is 301 g/mol. The van der Waals surface area contributed by atoms with Crippen LogP contribution in [-0.2, 0) is 19.7 Å². The molecule has 2 rings (SSSR count). The molecule has 2 aliphatic rings. The zero-order chi connectivity index (χ0) is 17.4. The van der Waals surface area contributed by atoms with Crippen molar-refractivity contribution >= 4 is 19.7 Å². The molecule has 5 nitrogen and oxygen atoms in total. The Balaban J connectivity index is 0.000000235. The first-order valence-electron chi connectivity index (χ1n) is 7.90. The van der Waals surface area contributed by atoms with Gasteiger partial charge in [-0.3, -0.25) is 0 Å². The van der Waals surface area contributed by atoms with Gasteiger partial charge in [0.15, 0.2) is 0 Å². The Morgan fingerprint density at radius 1 is 0.944 bits per heavy atom. The van der Waals surface area contributed by atoms with Gasteiger partial charge in [-0.05, 0) is 31.6 Å². The van der Waals surface area contributed by atoms with E-state index < -0.39 is 31.1 Å². The van der Waals surface area contributed by atoms with Crippen LogP contribution in [-0.4, -0.2) is 45.8 Å². The molecule has 0 saturated carbocycles. The predicted octanol–water partition coefficient (Wildman–Crippen LogP) is 0.353. The third kappa shape index (κ3) is 6.15. The van der Waals surface area contributed by atoms with Crippen molar-refractivity contribution in [2.45, 2.75) is 38.6 Å². The van der Waals surface area contributed by atoms with Gasteiger partial charge in [0.2, 0.25) is 0 Å². The fraction of sp³-hybridized carbons (Fsp3) is 1.00. The fourth-order valence-electron chi connectivity index (χ4n) is 1.54. The standard InChI is InChI=1S/C6H12O2S.C5H11NO2S/c1-6-2-4-9(7,8)5-3-6;6-5-1-3-9(7,8)4-2-5/h6H,2-5H2,1H3;5H,1-4,6H2/i4D2,5D2;. The van der Waals surface area contributed by atoms with E-state index in [4.69, 9.17) is 11.2 Å². The molecule has 0 spiro atoms. The number of nitrogens with two attached hydrogens (primary N) is 1. The highest BCUT2D eigenvalue weighted by atomic mass is 32.2. The van der Waals surface area contributed by atoms with E-state index in [1.54, 1.807) is 6.92 Å². The number of rotatable bonds is 0. The minimum Gasteiger partial charge on any atom is -0.328 e. The quantitative estimate of drug-likeness (QED) is 0.697. The van der Waals surface area contributed by atoms with Crippen molar-refractivity contribution in [1.82, 2.24) is 0 Å². The van der Waals surface area contributed by atoms with Crippen LogP contribution >= 0.6 is 0 Å². The Hall–Kier alpha value is -0.140. The van der Waals surface area contributed by atoms with Crippen LogP contribution in [0.2, 0.25) is 0 Å². The largest absolute Gasteiger partial charge is 0.328 e. The van der Waals surface area contributed by atoms with Crippen molar-refractivity contribution in [3.63, 3.8) is 0 Å². The van der Waals surface area contributed by atoms with Crippen LogP contribution in [0.4, 0.5) is 0 Å². The van der Waals surface area contributed by atoms with Crippen LogP contribution in [0.1, 0.15) is 38.1 Å². The maximum Gasteiger partial charge on any atom is 0.150 e. The van der Waals surface area contributed by atoms with Crippen molar-refractivity contribution < 1.29 is 22.3 Å². The van der Waals surface area contributed by atoms with Crippen LogP contribution in [0.5, 0.6) is 0 Å². The molecule has 0 aliphatic carbocycles. The third-order valence-corrected chi connectivity index (χ3v) is 5.65. The molecule has 0 bridgehead atoms. The zero-order valence-electron chi connectivity index (χ0n) is 14.4. The van der Waals surface area contributed by atoms with Crippen LogP contribution in [0.25, 0.3) is 0 Å². The summed E-state index contributed by atoms with van der Waals surface area (Å²) in [5.74, 6) is 0.330. The summed E-state index contributed by atoms with van der Waals surface area (Å²) in [6.07, 6.45) is 1.05. The predicted molar refractivity (Wildman–Crippen MR) is 72.9 cm³/mol. The van der Waals surface area contributed by atoms with E-state index in [-0.39, 0.29) is 36.3 Å². The average Bonchev–Trinajstić information content (AvgIpc) is 2.30. The van der Waals surface area contributed by atoms with Crippen molar-refractivity contribution in [3.05, 3.63) is 0 Å². The Kier molecular flexibility index (Phi) is 3.74. The molecule has 0 unspecified atom stereocenters. The summed E-state index contributed by atoms with van der Waals surface area (Å²) in [5.41, 5.74) is 0.646. The van der Waals surface area contributed by atoms with Gasteiger partial charge in [-0.1, -0.05) is 6.92 Å². The summed E-state index contributed by atoms with van der Waals surface area (Å²) in [4.78, 5) is 0. The van der Waals surface area contributed by atoms with Gasteiger partial charge in [0.1, 0.15) is 19.7 Å². The summed E-state index contributed by atoms with van der Waals surface area (Å²) in [6, 6.07) is 0.119. The molecule has 0 atom stereocenters. The zero-order valence-corrected chi connectivity index (χ0v) is 12.1. The third-order valence-electron chi connectivity index (χ3n) is 2.84. The highest BCUT2D eigenvalue weighted by molar-refractivity contribution is 7.91. The summed E-state index contributed by atoms with van der Waals surface area (Å²) < 4.78 is 73.2. The topological polar surface area (TPSA) is 94.3 Å². The minimum atomic E-state index is -4.31. The molecule has 18 heavy (non-hydrogen) atoms. The average molecular weight is 301 g/mol. The van der Waals surface area contributed by atoms with E-state index in [1.807, 2.05) is 0 Å². The second kappa shape index (κ2) is 6.34. The first kappa shape index (κ1) is 10.6. The first-order chi connectivity index (χ1) is 9.70. The van der Waals surface area contributed by atoms with E-state index in [0.717, 1.165) is 0 Å². The van der Waals surface area contributed by atoms with E-state index in [9.17, 15) is 16.8 Å². The molecular weight excluding hydrogens is 274 g/mol. The molecular formula is C11H23NO4S2. The second-order valence-electron chi connectivity index (χ2n) is 4.79. The van der Waals surface area contributed by atoms with Crippen molar-refractivity contribution in [2.24, 2.45) is 11.7 Å². The molecule has 7 heteroatoms. The Bertz CT molecular complexity index is 566. The van der Waals surface area contributed by atoms with Crippen LogP contribution in [0.3, 0.4) is 0 Å². The Morgan fingerprint density at radius 2 is 1.39 bits per heavy atom. The Labute approximate surface area is 116 Å². The summed E-state index contributed by atoms with van der Waals surface area (Å²) in [5, 5.41) is 0. The molecule has 0 aromatic heterocycles. The van der Waals surface area contributed by atoms with Gasteiger partial charge in [0, 0.05) is 11.5 Å². The number of sulfone groups is 2. The van der Waals surface area contributed by atoms with E-state index in [1.165, 1.54) is 0 Å². The normalized spacial score (nSPS) is 37.0. The van der Waals surface area contributed by atoms with Gasteiger partial charge < -0.3 is 5.73 Å². The molecule has 2 aliphatic heterocycles. The molecule has 2 fully saturated rings. The molecule has 108 valence electrons. The maximum absolute atomic E-state index is 11.4. The lowest BCUT2D eigenvalue weighted by atomic mass is 10.1. The van der Waals surface area contributed by atoms with Crippen molar-refractivity contribution in [3.8, 4) is 0 Å². The molecule has 0 amide bonds. The summed E-state index contributed by atoms with van der Waals surface area (Å²) in [6.45, 7) is 1.66. The molecule has 2 heterocycles. The highest BCUT2D eigenvalue weighted by Gasteiger charge is 2.20. The molecule has 0 aromatic carbocycles. The van der Waals surface area contributed by atoms with E-state index >= 15 is 0 Å². The lowest BCUT2D eigenvalue weighted by Gasteiger charge is -2.16. The lowest BCUT2D eigenvalue weighted by Crippen LogP contribution is -2.32. The molecule has 0 radical (unpaired) electrons. The van der Waals surface area contributed by atoms with Crippen molar-refractivity contribution in [1.29, 1.82) is 0 Å². The highest BCUT2D eigenvalue weighted by Crippen LogP contribution is 2.17. The SMILES string of the molecule is NC1CCS(=O)(=O)CC1.[2H]C1([2H])CC(C)CC([2H])([2H])S1(=O)=O. The van der Waals surface area contributed by atoms with Gasteiger partial charge in [-0.25, -0.2) is 16.8 Å². The number of hydrogen-bond acceptors (Lipinski definition) is 5. The Morgan fingerprint density at radius 3 is 1.78 bits per heavy atom. The first-order valence-corrected chi connectivity index (χ1v) is 9.21. The van der Waals surface area contributed by atoms with Crippen LogP contribution in [0.15, 0.2) is 0 Å². The van der Waals surface area contributed by atoms with Gasteiger partial charge in [0.25, 0.3) is 0 Å². The molecule has 2 N–H and O–H groups in total. The van der Waals surface area contributed by atoms with E-state index in [2.05, 4.69) is 0 Å². The molecule has 2 saturated heterocycles. The van der Waals surface area contributed by atoms with Gasteiger partial charge in [0.05, 0.1) is 22.9 Å². The molecule has 0 aromatic rings.